The highest BCUT2D eigenvalue weighted by molar-refractivity contribution is 9.10. The lowest BCUT2D eigenvalue weighted by molar-refractivity contribution is 0.102. The van der Waals surface area contributed by atoms with Crippen molar-refractivity contribution in [1.29, 1.82) is 0 Å². The van der Waals surface area contributed by atoms with Crippen LogP contribution in [0.2, 0.25) is 5.02 Å². The van der Waals surface area contributed by atoms with Crippen molar-refractivity contribution in [2.24, 2.45) is 0 Å². The van der Waals surface area contributed by atoms with Gasteiger partial charge >= 0.3 is 0 Å². The molecular weight excluding hydrogens is 342 g/mol. The average Bonchev–Trinajstić information content (AvgIpc) is 2.36. The minimum atomic E-state index is -0.285. The van der Waals surface area contributed by atoms with Gasteiger partial charge in [0.25, 0.3) is 5.91 Å². The number of halogens is 2. The molecule has 0 saturated carbocycles. The van der Waals surface area contributed by atoms with Gasteiger partial charge in [-0.05, 0) is 53.0 Å². The molecule has 0 aliphatic carbocycles. The van der Waals surface area contributed by atoms with E-state index in [-0.39, 0.29) is 16.7 Å². The molecule has 4 nitrogen and oxygen atoms in total. The van der Waals surface area contributed by atoms with Crippen LogP contribution in [0, 0.1) is 13.8 Å². The van der Waals surface area contributed by atoms with E-state index in [1.807, 2.05) is 26.0 Å². The molecule has 1 amide bonds. The number of hydrogen-bond acceptors (Lipinski definition) is 3. The summed E-state index contributed by atoms with van der Waals surface area (Å²) in [5.41, 5.74) is 8.70. The number of nitrogens with one attached hydrogen (secondary N) is 1. The third-order valence-corrected chi connectivity index (χ3v) is 3.73. The molecular formula is C14H13BrClN3O. The Morgan fingerprint density at radius 2 is 2.05 bits per heavy atom. The molecule has 1 aromatic carbocycles. The second-order valence-electron chi connectivity index (χ2n) is 4.48. The maximum atomic E-state index is 12.2. The predicted octanol–water partition coefficient (Wildman–Crippen LogP) is 3.95. The van der Waals surface area contributed by atoms with Crippen molar-refractivity contribution in [3.05, 3.63) is 50.6 Å². The quantitative estimate of drug-likeness (QED) is 0.858. The zero-order valence-corrected chi connectivity index (χ0v) is 13.3. The monoisotopic (exact) mass is 353 g/mol. The average molecular weight is 355 g/mol. The number of aryl methyl sites for hydroxylation is 2. The summed E-state index contributed by atoms with van der Waals surface area (Å²) in [6.45, 7) is 3.93. The SMILES string of the molecule is Cc1cc(C)c(NC(=O)c2cnc(N)c(Cl)c2)c(Br)c1. The van der Waals surface area contributed by atoms with Gasteiger partial charge in [-0.3, -0.25) is 4.79 Å². The van der Waals surface area contributed by atoms with Gasteiger partial charge in [0.15, 0.2) is 0 Å². The third kappa shape index (κ3) is 3.11. The number of pyridine rings is 1. The molecule has 0 aliphatic rings. The van der Waals surface area contributed by atoms with Crippen LogP contribution in [-0.2, 0) is 0 Å². The van der Waals surface area contributed by atoms with Gasteiger partial charge in [-0.1, -0.05) is 17.7 Å². The highest BCUT2D eigenvalue weighted by Crippen LogP contribution is 2.28. The molecule has 0 radical (unpaired) electrons. The molecule has 104 valence electrons. The van der Waals surface area contributed by atoms with E-state index in [1.54, 1.807) is 0 Å². The number of nitrogens with zero attached hydrogens (tertiary/aromatic N) is 1. The van der Waals surface area contributed by atoms with Gasteiger partial charge in [0.1, 0.15) is 5.82 Å². The Bertz CT molecular complexity index is 665. The van der Waals surface area contributed by atoms with Crippen LogP contribution >= 0.6 is 27.5 Å². The number of nitrogens with two attached hydrogens (primary N) is 1. The molecule has 0 bridgehead atoms. The summed E-state index contributed by atoms with van der Waals surface area (Å²) >= 11 is 9.32. The molecule has 2 rings (SSSR count). The second-order valence-corrected chi connectivity index (χ2v) is 5.75. The Morgan fingerprint density at radius 1 is 1.35 bits per heavy atom. The molecule has 1 heterocycles. The van der Waals surface area contributed by atoms with Crippen LogP contribution in [0.25, 0.3) is 0 Å². The first-order valence-corrected chi connectivity index (χ1v) is 7.04. The fourth-order valence-electron chi connectivity index (χ4n) is 1.83. The van der Waals surface area contributed by atoms with Crippen LogP contribution in [0.5, 0.6) is 0 Å². The number of hydrogen-bond donors (Lipinski definition) is 2. The summed E-state index contributed by atoms with van der Waals surface area (Å²) in [7, 11) is 0. The molecule has 3 N–H and O–H groups in total. The van der Waals surface area contributed by atoms with E-state index in [1.165, 1.54) is 12.3 Å². The smallest absolute Gasteiger partial charge is 0.257 e. The molecule has 0 spiro atoms. The van der Waals surface area contributed by atoms with E-state index in [2.05, 4.69) is 26.2 Å². The fourth-order valence-corrected chi connectivity index (χ4v) is 2.77. The predicted molar refractivity (Wildman–Crippen MR) is 85.2 cm³/mol. The normalized spacial score (nSPS) is 10.4. The zero-order valence-electron chi connectivity index (χ0n) is 11.0. The summed E-state index contributed by atoms with van der Waals surface area (Å²) < 4.78 is 0.831. The minimum Gasteiger partial charge on any atom is -0.382 e. The lowest BCUT2D eigenvalue weighted by Gasteiger charge is -2.12. The van der Waals surface area contributed by atoms with Crippen LogP contribution in [-0.4, -0.2) is 10.9 Å². The minimum absolute atomic E-state index is 0.205. The van der Waals surface area contributed by atoms with Gasteiger partial charge in [0.2, 0.25) is 0 Å². The first-order chi connectivity index (χ1) is 9.38. The number of anilines is 2. The van der Waals surface area contributed by atoms with Crippen molar-refractivity contribution in [2.45, 2.75) is 13.8 Å². The first kappa shape index (κ1) is 14.8. The molecule has 6 heteroatoms. The van der Waals surface area contributed by atoms with Crippen molar-refractivity contribution in [3.63, 3.8) is 0 Å². The summed E-state index contributed by atoms with van der Waals surface area (Å²) in [4.78, 5) is 16.1. The fraction of sp³-hybridized carbons (Fsp3) is 0.143. The topological polar surface area (TPSA) is 68.0 Å². The van der Waals surface area contributed by atoms with Crippen molar-refractivity contribution in [1.82, 2.24) is 4.98 Å². The summed E-state index contributed by atoms with van der Waals surface area (Å²) in [6.07, 6.45) is 1.40. The van der Waals surface area contributed by atoms with E-state index in [0.29, 0.717) is 5.56 Å². The van der Waals surface area contributed by atoms with Crippen molar-refractivity contribution >= 4 is 44.9 Å². The number of carbonyl (C=O) groups is 1. The Kier molecular flexibility index (Phi) is 4.30. The molecule has 20 heavy (non-hydrogen) atoms. The zero-order chi connectivity index (χ0) is 14.9. The van der Waals surface area contributed by atoms with Crippen molar-refractivity contribution in [3.8, 4) is 0 Å². The van der Waals surface area contributed by atoms with Crippen LogP contribution in [0.3, 0.4) is 0 Å². The number of nitrogen functional groups attached to an aromatic ring is 1. The molecule has 2 aromatic rings. The van der Waals surface area contributed by atoms with Gasteiger partial charge in [-0.25, -0.2) is 4.98 Å². The maximum Gasteiger partial charge on any atom is 0.257 e. The molecule has 0 aliphatic heterocycles. The first-order valence-electron chi connectivity index (χ1n) is 5.87. The summed E-state index contributed by atoms with van der Waals surface area (Å²) in [5.74, 6) is -0.0806. The summed E-state index contributed by atoms with van der Waals surface area (Å²) in [6, 6.07) is 5.43. The Hall–Kier alpha value is -1.59. The van der Waals surface area contributed by atoms with E-state index in [0.717, 1.165) is 21.3 Å². The van der Waals surface area contributed by atoms with Gasteiger partial charge < -0.3 is 11.1 Å². The molecule has 0 saturated heterocycles. The largest absolute Gasteiger partial charge is 0.382 e. The number of aromatic nitrogens is 1. The van der Waals surface area contributed by atoms with Crippen LogP contribution in [0.15, 0.2) is 28.9 Å². The van der Waals surface area contributed by atoms with Crippen LogP contribution in [0.1, 0.15) is 21.5 Å². The van der Waals surface area contributed by atoms with Gasteiger partial charge in [-0.2, -0.15) is 0 Å². The highest BCUT2D eigenvalue weighted by Gasteiger charge is 2.12. The lowest BCUT2D eigenvalue weighted by Crippen LogP contribution is -2.14. The molecule has 0 unspecified atom stereocenters. The second kappa shape index (κ2) is 5.81. The summed E-state index contributed by atoms with van der Waals surface area (Å²) in [5, 5.41) is 3.10. The number of rotatable bonds is 2. The molecule has 0 atom stereocenters. The number of carbonyl (C=O) groups excluding carboxylic acids is 1. The Balaban J connectivity index is 2.30. The highest BCUT2D eigenvalue weighted by atomic mass is 79.9. The van der Waals surface area contributed by atoms with Gasteiger partial charge in [0.05, 0.1) is 16.3 Å². The Morgan fingerprint density at radius 3 is 2.65 bits per heavy atom. The van der Waals surface area contributed by atoms with E-state index >= 15 is 0 Å². The number of amides is 1. The maximum absolute atomic E-state index is 12.2. The van der Waals surface area contributed by atoms with E-state index in [4.69, 9.17) is 17.3 Å². The molecule has 1 aromatic heterocycles. The van der Waals surface area contributed by atoms with E-state index in [9.17, 15) is 4.79 Å². The number of benzene rings is 1. The lowest BCUT2D eigenvalue weighted by atomic mass is 10.1. The van der Waals surface area contributed by atoms with E-state index < -0.39 is 0 Å². The van der Waals surface area contributed by atoms with Crippen LogP contribution in [0.4, 0.5) is 11.5 Å². The standard InChI is InChI=1S/C14H13BrClN3O/c1-7-3-8(2)12(10(15)4-7)19-14(20)9-5-11(16)13(17)18-6-9/h3-6H,1-2H3,(H2,17,18)(H,19,20). The van der Waals surface area contributed by atoms with Gasteiger partial charge in [-0.15, -0.1) is 0 Å². The third-order valence-electron chi connectivity index (χ3n) is 2.80. The van der Waals surface area contributed by atoms with Gasteiger partial charge in [0, 0.05) is 10.7 Å². The van der Waals surface area contributed by atoms with Crippen molar-refractivity contribution in [2.75, 3.05) is 11.1 Å². The Labute approximate surface area is 130 Å². The van der Waals surface area contributed by atoms with Crippen molar-refractivity contribution < 1.29 is 4.79 Å². The molecule has 0 fully saturated rings. The van der Waals surface area contributed by atoms with Crippen LogP contribution < -0.4 is 11.1 Å².